The third kappa shape index (κ3) is 7.28. The van der Waals surface area contributed by atoms with Crippen molar-refractivity contribution in [1.82, 2.24) is 10.2 Å². The fourth-order valence-electron chi connectivity index (χ4n) is 2.94. The van der Waals surface area contributed by atoms with E-state index in [1.807, 2.05) is 0 Å². The molecule has 1 saturated heterocycles. The van der Waals surface area contributed by atoms with Crippen LogP contribution >= 0.6 is 0 Å². The van der Waals surface area contributed by atoms with Gasteiger partial charge < -0.3 is 15.0 Å². The van der Waals surface area contributed by atoms with Gasteiger partial charge in [0.2, 0.25) is 0 Å². The third-order valence-electron chi connectivity index (χ3n) is 4.07. The molecule has 0 radical (unpaired) electrons. The minimum absolute atomic E-state index is 0.644. The van der Waals surface area contributed by atoms with Crippen molar-refractivity contribution in [2.75, 3.05) is 39.4 Å². The summed E-state index contributed by atoms with van der Waals surface area (Å²) in [5, 5.41) is 3.69. The molecule has 3 nitrogen and oxygen atoms in total. The van der Waals surface area contributed by atoms with Gasteiger partial charge in [-0.25, -0.2) is 0 Å². The van der Waals surface area contributed by atoms with Gasteiger partial charge in [0.25, 0.3) is 0 Å². The second-order valence-electron chi connectivity index (χ2n) is 5.91. The lowest BCUT2D eigenvalue weighted by molar-refractivity contribution is 0.127. The number of nitrogens with one attached hydrogen (secondary N) is 1. The molecule has 19 heavy (non-hydrogen) atoms. The Hall–Kier alpha value is -0.120. The van der Waals surface area contributed by atoms with Gasteiger partial charge in [0.15, 0.2) is 0 Å². The molecule has 0 aromatic rings. The summed E-state index contributed by atoms with van der Waals surface area (Å²) in [4.78, 5) is 2.64. The first-order valence-electron chi connectivity index (χ1n) is 8.31. The molecular weight excluding hydrogens is 236 g/mol. The van der Waals surface area contributed by atoms with Crippen LogP contribution in [0.3, 0.4) is 0 Å². The topological polar surface area (TPSA) is 24.5 Å². The van der Waals surface area contributed by atoms with Gasteiger partial charge >= 0.3 is 0 Å². The normalized spacial score (nSPS) is 22.6. The Bertz CT molecular complexity index is 209. The Morgan fingerprint density at radius 3 is 2.84 bits per heavy atom. The maximum atomic E-state index is 5.51. The molecular formula is C16H34N2O. The van der Waals surface area contributed by atoms with E-state index in [9.17, 15) is 0 Å². The maximum absolute atomic E-state index is 5.51. The van der Waals surface area contributed by atoms with Crippen molar-refractivity contribution in [2.24, 2.45) is 5.92 Å². The summed E-state index contributed by atoms with van der Waals surface area (Å²) in [6.45, 7) is 13.6. The van der Waals surface area contributed by atoms with E-state index in [0.29, 0.717) is 6.04 Å². The van der Waals surface area contributed by atoms with E-state index in [1.54, 1.807) is 0 Å². The standard InChI is InChI=1S/C16H34N2O/c1-4-10-18-11-6-8-16(14-18)15(3)17-9-7-13-19-12-5-2/h15-17H,4-14H2,1-3H3. The summed E-state index contributed by atoms with van der Waals surface area (Å²) in [7, 11) is 0. The largest absolute Gasteiger partial charge is 0.381 e. The molecule has 0 amide bonds. The summed E-state index contributed by atoms with van der Waals surface area (Å²) >= 11 is 0. The zero-order valence-electron chi connectivity index (χ0n) is 13.3. The van der Waals surface area contributed by atoms with E-state index in [0.717, 1.165) is 38.5 Å². The number of nitrogens with zero attached hydrogens (tertiary/aromatic N) is 1. The molecule has 0 aromatic carbocycles. The molecule has 0 bridgehead atoms. The lowest BCUT2D eigenvalue weighted by atomic mass is 9.91. The zero-order chi connectivity index (χ0) is 13.9. The summed E-state index contributed by atoms with van der Waals surface area (Å²) < 4.78 is 5.51. The van der Waals surface area contributed by atoms with Crippen LogP contribution in [0.5, 0.6) is 0 Å². The summed E-state index contributed by atoms with van der Waals surface area (Å²) in [6, 6.07) is 0.644. The lowest BCUT2D eigenvalue weighted by Crippen LogP contribution is -2.44. The second kappa shape index (κ2) is 10.6. The molecule has 1 aliphatic rings. The third-order valence-corrected chi connectivity index (χ3v) is 4.07. The highest BCUT2D eigenvalue weighted by atomic mass is 16.5. The SMILES string of the molecule is CCCOCCCNC(C)C1CCCN(CCC)C1. The van der Waals surface area contributed by atoms with Crippen LogP contribution in [0.4, 0.5) is 0 Å². The second-order valence-corrected chi connectivity index (χ2v) is 5.91. The Labute approximate surface area is 120 Å². The van der Waals surface area contributed by atoms with Gasteiger partial charge in [-0.05, 0) is 64.6 Å². The molecule has 1 heterocycles. The Morgan fingerprint density at radius 1 is 1.26 bits per heavy atom. The highest BCUT2D eigenvalue weighted by molar-refractivity contribution is 4.80. The number of hydrogen-bond donors (Lipinski definition) is 1. The molecule has 1 N–H and O–H groups in total. The maximum Gasteiger partial charge on any atom is 0.0478 e. The molecule has 0 aromatic heterocycles. The molecule has 1 fully saturated rings. The minimum Gasteiger partial charge on any atom is -0.381 e. The number of piperidine rings is 1. The Kier molecular flexibility index (Phi) is 9.48. The van der Waals surface area contributed by atoms with Crippen molar-refractivity contribution in [3.63, 3.8) is 0 Å². The first kappa shape index (κ1) is 16.9. The molecule has 1 aliphatic heterocycles. The Balaban J connectivity index is 2.09. The van der Waals surface area contributed by atoms with E-state index in [1.165, 1.54) is 38.9 Å². The van der Waals surface area contributed by atoms with Crippen LogP contribution in [-0.2, 0) is 4.74 Å². The van der Waals surface area contributed by atoms with Crippen molar-refractivity contribution in [3.05, 3.63) is 0 Å². The van der Waals surface area contributed by atoms with Crippen LogP contribution < -0.4 is 5.32 Å². The van der Waals surface area contributed by atoms with Gasteiger partial charge in [-0.15, -0.1) is 0 Å². The van der Waals surface area contributed by atoms with Crippen molar-refractivity contribution >= 4 is 0 Å². The van der Waals surface area contributed by atoms with E-state index in [-0.39, 0.29) is 0 Å². The Morgan fingerprint density at radius 2 is 2.11 bits per heavy atom. The van der Waals surface area contributed by atoms with Gasteiger partial charge in [0, 0.05) is 25.8 Å². The first-order chi connectivity index (χ1) is 9.27. The lowest BCUT2D eigenvalue weighted by Gasteiger charge is -2.36. The van der Waals surface area contributed by atoms with Crippen molar-refractivity contribution in [1.29, 1.82) is 0 Å². The molecule has 2 unspecified atom stereocenters. The van der Waals surface area contributed by atoms with E-state index in [2.05, 4.69) is 31.0 Å². The number of ether oxygens (including phenoxy) is 1. The summed E-state index contributed by atoms with van der Waals surface area (Å²) in [5.74, 6) is 0.830. The van der Waals surface area contributed by atoms with Crippen molar-refractivity contribution in [2.45, 2.75) is 58.9 Å². The first-order valence-corrected chi connectivity index (χ1v) is 8.31. The highest BCUT2D eigenvalue weighted by Crippen LogP contribution is 2.19. The molecule has 3 heteroatoms. The van der Waals surface area contributed by atoms with E-state index in [4.69, 9.17) is 4.74 Å². The molecule has 2 atom stereocenters. The average molecular weight is 270 g/mol. The van der Waals surface area contributed by atoms with Crippen LogP contribution in [0.1, 0.15) is 52.9 Å². The number of likely N-dealkylation sites (tertiary alicyclic amines) is 1. The molecule has 0 saturated carbocycles. The predicted molar refractivity (Wildman–Crippen MR) is 82.6 cm³/mol. The van der Waals surface area contributed by atoms with Crippen LogP contribution in [0, 0.1) is 5.92 Å². The summed E-state index contributed by atoms with van der Waals surface area (Å²) in [5.41, 5.74) is 0. The quantitative estimate of drug-likeness (QED) is 0.618. The van der Waals surface area contributed by atoms with Crippen LogP contribution in [0.15, 0.2) is 0 Å². The van der Waals surface area contributed by atoms with Gasteiger partial charge in [-0.3, -0.25) is 0 Å². The fraction of sp³-hybridized carbons (Fsp3) is 1.00. The van der Waals surface area contributed by atoms with E-state index >= 15 is 0 Å². The molecule has 1 rings (SSSR count). The summed E-state index contributed by atoms with van der Waals surface area (Å²) in [6.07, 6.45) is 6.30. The smallest absolute Gasteiger partial charge is 0.0478 e. The average Bonchev–Trinajstić information content (AvgIpc) is 2.43. The minimum atomic E-state index is 0.644. The number of rotatable bonds is 10. The molecule has 0 spiro atoms. The monoisotopic (exact) mass is 270 g/mol. The van der Waals surface area contributed by atoms with Gasteiger partial charge in [0.1, 0.15) is 0 Å². The zero-order valence-corrected chi connectivity index (χ0v) is 13.3. The fourth-order valence-corrected chi connectivity index (χ4v) is 2.94. The van der Waals surface area contributed by atoms with Crippen LogP contribution in [-0.4, -0.2) is 50.3 Å². The van der Waals surface area contributed by atoms with Crippen molar-refractivity contribution < 1.29 is 4.74 Å². The van der Waals surface area contributed by atoms with Gasteiger partial charge in [0.05, 0.1) is 0 Å². The molecule has 114 valence electrons. The van der Waals surface area contributed by atoms with Crippen LogP contribution in [0.2, 0.25) is 0 Å². The van der Waals surface area contributed by atoms with Crippen molar-refractivity contribution in [3.8, 4) is 0 Å². The van der Waals surface area contributed by atoms with Crippen LogP contribution in [0.25, 0.3) is 0 Å². The molecule has 0 aliphatic carbocycles. The van der Waals surface area contributed by atoms with Gasteiger partial charge in [-0.1, -0.05) is 13.8 Å². The highest BCUT2D eigenvalue weighted by Gasteiger charge is 2.23. The number of hydrogen-bond acceptors (Lipinski definition) is 3. The van der Waals surface area contributed by atoms with E-state index < -0.39 is 0 Å². The predicted octanol–water partition coefficient (Wildman–Crippen LogP) is 2.90. The van der Waals surface area contributed by atoms with Gasteiger partial charge in [-0.2, -0.15) is 0 Å².